The van der Waals surface area contributed by atoms with Crippen LogP contribution >= 0.6 is 0 Å². The lowest BCUT2D eigenvalue weighted by Gasteiger charge is -2.16. The van der Waals surface area contributed by atoms with Crippen LogP contribution in [-0.4, -0.2) is 44.8 Å². The van der Waals surface area contributed by atoms with E-state index in [0.717, 1.165) is 37.6 Å². The molecule has 0 unspecified atom stereocenters. The van der Waals surface area contributed by atoms with E-state index in [2.05, 4.69) is 22.3 Å². The summed E-state index contributed by atoms with van der Waals surface area (Å²) in [7, 11) is 1.95. The molecule has 2 rings (SSSR count). The summed E-state index contributed by atoms with van der Waals surface area (Å²) in [6, 6.07) is 6.18. The number of nitrogens with zero attached hydrogens (tertiary/aromatic N) is 1. The van der Waals surface area contributed by atoms with Crippen LogP contribution in [0.2, 0.25) is 0 Å². The minimum Gasteiger partial charge on any atom is -0.490 e. The summed E-state index contributed by atoms with van der Waals surface area (Å²) in [6.45, 7) is 7.90. The van der Waals surface area contributed by atoms with Gasteiger partial charge < -0.3 is 19.7 Å². The van der Waals surface area contributed by atoms with Gasteiger partial charge in [0.2, 0.25) is 0 Å². The lowest BCUT2D eigenvalue weighted by molar-refractivity contribution is 0.247. The van der Waals surface area contributed by atoms with Gasteiger partial charge in [-0.2, -0.15) is 0 Å². The van der Waals surface area contributed by atoms with Crippen molar-refractivity contribution in [3.05, 3.63) is 23.8 Å². The Bertz CT molecular complexity index is 417. The van der Waals surface area contributed by atoms with E-state index in [1.807, 2.05) is 20.0 Å². The second-order valence-electron chi connectivity index (χ2n) is 5.50. The lowest BCUT2D eigenvalue weighted by atomic mass is 10.2. The minimum absolute atomic E-state index is 0.660. The number of likely N-dealkylation sites (tertiary alicyclic amines) is 1. The number of hydrogen-bond donors (Lipinski definition) is 1. The first kappa shape index (κ1) is 16.1. The summed E-state index contributed by atoms with van der Waals surface area (Å²) >= 11 is 0. The predicted octanol–water partition coefficient (Wildman–Crippen LogP) is 2.67. The van der Waals surface area contributed by atoms with Crippen LogP contribution in [0.3, 0.4) is 0 Å². The van der Waals surface area contributed by atoms with E-state index in [9.17, 15) is 0 Å². The molecule has 1 fully saturated rings. The first-order valence-corrected chi connectivity index (χ1v) is 8.09. The van der Waals surface area contributed by atoms with Crippen LogP contribution in [-0.2, 0) is 6.54 Å². The standard InChI is InChI=1S/C17H28N2O2/c1-3-20-17-13-15(14-18-2)7-8-16(17)21-12-6-11-19-9-4-5-10-19/h7-8,13,18H,3-6,9-12,14H2,1-2H3. The highest BCUT2D eigenvalue weighted by Crippen LogP contribution is 2.28. The average molecular weight is 292 g/mol. The third-order valence-corrected chi connectivity index (χ3v) is 3.76. The van der Waals surface area contributed by atoms with Crippen molar-refractivity contribution in [2.75, 3.05) is 39.9 Å². The van der Waals surface area contributed by atoms with E-state index in [4.69, 9.17) is 9.47 Å². The normalized spacial score (nSPS) is 15.3. The first-order chi connectivity index (χ1) is 10.3. The maximum Gasteiger partial charge on any atom is 0.161 e. The van der Waals surface area contributed by atoms with E-state index in [1.165, 1.54) is 31.5 Å². The van der Waals surface area contributed by atoms with Gasteiger partial charge in [-0.3, -0.25) is 0 Å². The Morgan fingerprint density at radius 3 is 2.67 bits per heavy atom. The maximum absolute atomic E-state index is 5.91. The van der Waals surface area contributed by atoms with Crippen molar-refractivity contribution in [3.63, 3.8) is 0 Å². The second kappa shape index (κ2) is 8.90. The van der Waals surface area contributed by atoms with Crippen molar-refractivity contribution in [2.24, 2.45) is 0 Å². The quantitative estimate of drug-likeness (QED) is 0.710. The van der Waals surface area contributed by atoms with Crippen LogP contribution in [0.5, 0.6) is 11.5 Å². The van der Waals surface area contributed by atoms with Crippen LogP contribution in [0.15, 0.2) is 18.2 Å². The molecule has 1 aromatic rings. The van der Waals surface area contributed by atoms with Gasteiger partial charge in [0.25, 0.3) is 0 Å². The monoisotopic (exact) mass is 292 g/mol. The topological polar surface area (TPSA) is 33.7 Å². The fraction of sp³-hybridized carbons (Fsp3) is 0.647. The zero-order chi connectivity index (χ0) is 14.9. The number of rotatable bonds is 9. The Labute approximate surface area is 128 Å². The Morgan fingerprint density at radius 2 is 1.95 bits per heavy atom. The van der Waals surface area contributed by atoms with E-state index in [1.54, 1.807) is 0 Å². The van der Waals surface area contributed by atoms with Gasteiger partial charge in [0, 0.05) is 13.1 Å². The van der Waals surface area contributed by atoms with Gasteiger partial charge in [0.15, 0.2) is 11.5 Å². The molecule has 0 amide bonds. The van der Waals surface area contributed by atoms with Crippen molar-refractivity contribution in [1.29, 1.82) is 0 Å². The Hall–Kier alpha value is -1.26. The molecule has 0 atom stereocenters. The summed E-state index contributed by atoms with van der Waals surface area (Å²) in [5.74, 6) is 1.71. The van der Waals surface area contributed by atoms with E-state index in [-0.39, 0.29) is 0 Å². The molecule has 0 bridgehead atoms. The fourth-order valence-electron chi connectivity index (χ4n) is 2.73. The molecule has 1 aliphatic heterocycles. The van der Waals surface area contributed by atoms with Gasteiger partial charge in [0.1, 0.15) is 0 Å². The van der Waals surface area contributed by atoms with Crippen molar-refractivity contribution >= 4 is 0 Å². The van der Waals surface area contributed by atoms with Crippen molar-refractivity contribution in [3.8, 4) is 11.5 Å². The Balaban J connectivity index is 1.82. The van der Waals surface area contributed by atoms with Crippen molar-refractivity contribution < 1.29 is 9.47 Å². The third kappa shape index (κ3) is 5.21. The molecule has 118 valence electrons. The molecule has 0 spiro atoms. The molecule has 1 heterocycles. The largest absolute Gasteiger partial charge is 0.490 e. The zero-order valence-electron chi connectivity index (χ0n) is 13.4. The van der Waals surface area contributed by atoms with Crippen LogP contribution < -0.4 is 14.8 Å². The van der Waals surface area contributed by atoms with E-state index < -0.39 is 0 Å². The number of hydrogen-bond acceptors (Lipinski definition) is 4. The van der Waals surface area contributed by atoms with Gasteiger partial charge in [-0.05, 0) is 64.0 Å². The van der Waals surface area contributed by atoms with E-state index >= 15 is 0 Å². The van der Waals surface area contributed by atoms with E-state index in [0.29, 0.717) is 6.61 Å². The highest BCUT2D eigenvalue weighted by atomic mass is 16.5. The van der Waals surface area contributed by atoms with Gasteiger partial charge in [-0.15, -0.1) is 0 Å². The smallest absolute Gasteiger partial charge is 0.161 e. The minimum atomic E-state index is 0.660. The second-order valence-corrected chi connectivity index (χ2v) is 5.50. The van der Waals surface area contributed by atoms with Gasteiger partial charge in [0.05, 0.1) is 13.2 Å². The molecule has 0 saturated carbocycles. The summed E-state index contributed by atoms with van der Waals surface area (Å²) in [4.78, 5) is 2.52. The highest BCUT2D eigenvalue weighted by Gasteiger charge is 2.11. The molecule has 4 nitrogen and oxygen atoms in total. The Kier molecular flexibility index (Phi) is 6.83. The van der Waals surface area contributed by atoms with Crippen molar-refractivity contribution in [1.82, 2.24) is 10.2 Å². The van der Waals surface area contributed by atoms with Gasteiger partial charge >= 0.3 is 0 Å². The number of nitrogens with one attached hydrogen (secondary N) is 1. The average Bonchev–Trinajstić information content (AvgIpc) is 2.99. The Morgan fingerprint density at radius 1 is 1.14 bits per heavy atom. The van der Waals surface area contributed by atoms with Crippen LogP contribution in [0.4, 0.5) is 0 Å². The molecule has 4 heteroatoms. The molecule has 0 radical (unpaired) electrons. The summed E-state index contributed by atoms with van der Waals surface area (Å²) in [6.07, 6.45) is 3.77. The number of ether oxygens (including phenoxy) is 2. The molecule has 1 aromatic carbocycles. The summed E-state index contributed by atoms with van der Waals surface area (Å²) in [5, 5.41) is 3.15. The lowest BCUT2D eigenvalue weighted by Crippen LogP contribution is -2.22. The predicted molar refractivity (Wildman–Crippen MR) is 86.2 cm³/mol. The molecule has 0 aliphatic carbocycles. The highest BCUT2D eigenvalue weighted by molar-refractivity contribution is 5.43. The molecular weight excluding hydrogens is 264 g/mol. The van der Waals surface area contributed by atoms with Crippen LogP contribution in [0.25, 0.3) is 0 Å². The summed E-state index contributed by atoms with van der Waals surface area (Å²) < 4.78 is 11.6. The molecule has 1 aliphatic rings. The number of benzene rings is 1. The molecule has 0 aromatic heterocycles. The first-order valence-electron chi connectivity index (χ1n) is 8.09. The SMILES string of the molecule is CCOc1cc(CNC)ccc1OCCCN1CCCC1. The fourth-order valence-corrected chi connectivity index (χ4v) is 2.73. The zero-order valence-corrected chi connectivity index (χ0v) is 13.4. The maximum atomic E-state index is 5.91. The van der Waals surface area contributed by atoms with Crippen LogP contribution in [0, 0.1) is 0 Å². The van der Waals surface area contributed by atoms with Crippen molar-refractivity contribution in [2.45, 2.75) is 32.7 Å². The van der Waals surface area contributed by atoms with Crippen LogP contribution in [0.1, 0.15) is 31.7 Å². The molecular formula is C17H28N2O2. The van der Waals surface area contributed by atoms with Gasteiger partial charge in [-0.1, -0.05) is 6.07 Å². The molecule has 1 saturated heterocycles. The third-order valence-electron chi connectivity index (χ3n) is 3.76. The molecule has 21 heavy (non-hydrogen) atoms. The molecule has 1 N–H and O–H groups in total. The summed E-state index contributed by atoms with van der Waals surface area (Å²) in [5.41, 5.74) is 1.21. The van der Waals surface area contributed by atoms with Gasteiger partial charge in [-0.25, -0.2) is 0 Å².